The minimum Gasteiger partial charge on any atom is -0.0654 e. The summed E-state index contributed by atoms with van der Waals surface area (Å²) in [6, 6.07) is 35.4. The summed E-state index contributed by atoms with van der Waals surface area (Å²) in [5, 5.41) is 2.64. The molecule has 0 radical (unpaired) electrons. The Morgan fingerprint density at radius 2 is 0.828 bits per heavy atom. The molecule has 0 aromatic heterocycles. The topological polar surface area (TPSA) is 0 Å². The first-order valence-corrected chi connectivity index (χ1v) is 10.6. The molecule has 0 bridgehead atoms. The summed E-state index contributed by atoms with van der Waals surface area (Å²) in [6.07, 6.45) is 2.64. The van der Waals surface area contributed by atoms with Crippen LogP contribution in [0.25, 0.3) is 10.8 Å². The number of benzene rings is 4. The van der Waals surface area contributed by atoms with E-state index in [0.29, 0.717) is 0 Å². The van der Waals surface area contributed by atoms with Crippen molar-refractivity contribution in [2.45, 2.75) is 47.5 Å². The van der Waals surface area contributed by atoms with Crippen molar-refractivity contribution in [3.05, 3.63) is 120 Å². The summed E-state index contributed by atoms with van der Waals surface area (Å²) in [7, 11) is 0. The van der Waals surface area contributed by atoms with E-state index in [4.69, 9.17) is 0 Å². The smallest absolute Gasteiger partial charge is 0.0181 e. The van der Waals surface area contributed by atoms with Crippen molar-refractivity contribution in [3.63, 3.8) is 0 Å². The summed E-state index contributed by atoms with van der Waals surface area (Å²) >= 11 is 0. The number of aryl methyl sites for hydroxylation is 3. The SMILES string of the molecule is CCCC.Cc1ccc2ccccc2c1.Cc1ccccc1.Cc1ccccc1. The van der Waals surface area contributed by atoms with Crippen LogP contribution in [-0.2, 0) is 0 Å². The predicted octanol–water partition coefficient (Wildman–Crippen LogP) is 8.94. The first kappa shape index (κ1) is 24.2. The van der Waals surface area contributed by atoms with Gasteiger partial charge >= 0.3 is 0 Å². The van der Waals surface area contributed by atoms with E-state index in [0.717, 1.165) is 0 Å². The van der Waals surface area contributed by atoms with E-state index in [2.05, 4.69) is 101 Å². The van der Waals surface area contributed by atoms with Gasteiger partial charge in [-0.25, -0.2) is 0 Å². The van der Waals surface area contributed by atoms with Crippen LogP contribution in [0, 0.1) is 20.8 Å². The second kappa shape index (κ2) is 15.1. The van der Waals surface area contributed by atoms with Crippen molar-refractivity contribution in [2.75, 3.05) is 0 Å². The van der Waals surface area contributed by atoms with Crippen LogP contribution in [0.3, 0.4) is 0 Å². The van der Waals surface area contributed by atoms with Crippen LogP contribution in [0.15, 0.2) is 103 Å². The molecular weight excluding hydrogens is 348 g/mol. The lowest BCUT2D eigenvalue weighted by molar-refractivity contribution is 0.886. The highest BCUT2D eigenvalue weighted by Gasteiger charge is 1.89. The second-order valence-corrected chi connectivity index (χ2v) is 7.16. The summed E-state index contributed by atoms with van der Waals surface area (Å²) in [4.78, 5) is 0. The summed E-state index contributed by atoms with van der Waals surface area (Å²) < 4.78 is 0. The highest BCUT2D eigenvalue weighted by atomic mass is 13.9. The quantitative estimate of drug-likeness (QED) is 0.307. The molecule has 0 unspecified atom stereocenters. The van der Waals surface area contributed by atoms with Crippen LogP contribution >= 0.6 is 0 Å². The van der Waals surface area contributed by atoms with Crippen LogP contribution in [0.5, 0.6) is 0 Å². The lowest BCUT2D eigenvalue weighted by Crippen LogP contribution is -1.73. The van der Waals surface area contributed by atoms with Crippen LogP contribution in [0.2, 0.25) is 0 Å². The van der Waals surface area contributed by atoms with E-state index in [1.54, 1.807) is 0 Å². The molecule has 4 rings (SSSR count). The van der Waals surface area contributed by atoms with Crippen LogP contribution in [0.1, 0.15) is 43.4 Å². The monoisotopic (exact) mass is 384 g/mol. The Labute approximate surface area is 178 Å². The Kier molecular flexibility index (Phi) is 12.6. The standard InChI is InChI=1S/C11H10.2C7H8.C4H10/c1-9-6-7-10-4-2-3-5-11(10)8-9;2*1-7-5-3-2-4-6-7;1-3-4-2/h2-8H,1H3;2*2-6H,1H3;3-4H2,1-2H3. The van der Waals surface area contributed by atoms with Gasteiger partial charge in [0.25, 0.3) is 0 Å². The third-order valence-corrected chi connectivity index (χ3v) is 4.29. The molecule has 29 heavy (non-hydrogen) atoms. The van der Waals surface area contributed by atoms with Gasteiger partial charge in [-0.05, 0) is 31.5 Å². The van der Waals surface area contributed by atoms with Crippen molar-refractivity contribution >= 4 is 10.8 Å². The van der Waals surface area contributed by atoms with Gasteiger partial charge < -0.3 is 0 Å². The van der Waals surface area contributed by atoms with E-state index < -0.39 is 0 Å². The zero-order valence-electron chi connectivity index (χ0n) is 18.7. The summed E-state index contributed by atoms with van der Waals surface area (Å²) in [5.74, 6) is 0. The largest absolute Gasteiger partial charge is 0.0654 e. The molecule has 0 saturated carbocycles. The molecule has 0 heteroatoms. The number of hydrogen-bond acceptors (Lipinski definition) is 0. The normalized spacial score (nSPS) is 9.14. The van der Waals surface area contributed by atoms with E-state index >= 15 is 0 Å². The lowest BCUT2D eigenvalue weighted by Gasteiger charge is -1.96. The van der Waals surface area contributed by atoms with Gasteiger partial charge in [-0.2, -0.15) is 0 Å². The van der Waals surface area contributed by atoms with Gasteiger partial charge in [0, 0.05) is 0 Å². The first-order valence-electron chi connectivity index (χ1n) is 10.6. The fraction of sp³-hybridized carbons (Fsp3) is 0.241. The molecule has 0 heterocycles. The summed E-state index contributed by atoms with van der Waals surface area (Å²) in [6.45, 7) is 10.6. The van der Waals surface area contributed by atoms with Crippen molar-refractivity contribution in [1.29, 1.82) is 0 Å². The Balaban J connectivity index is 0.000000206. The molecule has 0 N–H and O–H groups in total. The Bertz CT molecular complexity index is 853. The van der Waals surface area contributed by atoms with Gasteiger partial charge in [0.05, 0.1) is 0 Å². The highest BCUT2D eigenvalue weighted by molar-refractivity contribution is 5.82. The molecule has 0 saturated heterocycles. The third-order valence-electron chi connectivity index (χ3n) is 4.29. The molecule has 4 aromatic rings. The van der Waals surface area contributed by atoms with E-state index in [1.165, 1.54) is 40.3 Å². The zero-order chi connectivity index (χ0) is 21.3. The molecule has 0 spiro atoms. The maximum Gasteiger partial charge on any atom is -0.0181 e. The van der Waals surface area contributed by atoms with Gasteiger partial charge in [0.1, 0.15) is 0 Å². The average molecular weight is 385 g/mol. The van der Waals surface area contributed by atoms with Gasteiger partial charge in [0.2, 0.25) is 0 Å². The maximum atomic E-state index is 2.20. The van der Waals surface area contributed by atoms with E-state index in [1.807, 2.05) is 36.4 Å². The van der Waals surface area contributed by atoms with Crippen LogP contribution < -0.4 is 0 Å². The van der Waals surface area contributed by atoms with Gasteiger partial charge in [0.15, 0.2) is 0 Å². The van der Waals surface area contributed by atoms with Gasteiger partial charge in [-0.15, -0.1) is 0 Å². The minimum absolute atomic E-state index is 1.32. The van der Waals surface area contributed by atoms with Gasteiger partial charge in [-0.1, -0.05) is 147 Å². The molecule has 0 fully saturated rings. The molecule has 152 valence electrons. The second-order valence-electron chi connectivity index (χ2n) is 7.16. The third kappa shape index (κ3) is 11.5. The number of unbranched alkanes of at least 4 members (excludes halogenated alkanes) is 1. The molecule has 0 atom stereocenters. The average Bonchev–Trinajstić information content (AvgIpc) is 2.76. The fourth-order valence-electron chi connectivity index (χ4n) is 2.38. The Hall–Kier alpha value is -2.86. The van der Waals surface area contributed by atoms with Crippen molar-refractivity contribution < 1.29 is 0 Å². The molecular formula is C29H36. The van der Waals surface area contributed by atoms with Crippen molar-refractivity contribution in [1.82, 2.24) is 0 Å². The predicted molar refractivity (Wildman–Crippen MR) is 132 cm³/mol. The Morgan fingerprint density at radius 1 is 0.414 bits per heavy atom. The van der Waals surface area contributed by atoms with Crippen LogP contribution in [-0.4, -0.2) is 0 Å². The maximum absolute atomic E-state index is 2.20. The number of rotatable bonds is 1. The lowest BCUT2D eigenvalue weighted by atomic mass is 10.1. The number of fused-ring (bicyclic) bond motifs is 1. The fourth-order valence-corrected chi connectivity index (χ4v) is 2.38. The number of hydrogen-bond donors (Lipinski definition) is 0. The molecule has 4 aromatic carbocycles. The molecule has 0 aliphatic rings. The zero-order valence-corrected chi connectivity index (χ0v) is 18.7. The molecule has 0 aliphatic carbocycles. The molecule has 0 aliphatic heterocycles. The van der Waals surface area contributed by atoms with E-state index in [-0.39, 0.29) is 0 Å². The molecule has 0 amide bonds. The van der Waals surface area contributed by atoms with E-state index in [9.17, 15) is 0 Å². The molecule has 0 nitrogen and oxygen atoms in total. The summed E-state index contributed by atoms with van der Waals surface area (Å²) in [5.41, 5.74) is 3.97. The minimum atomic E-state index is 1.32. The highest BCUT2D eigenvalue weighted by Crippen LogP contribution is 2.14. The Morgan fingerprint density at radius 3 is 1.21 bits per heavy atom. The first-order chi connectivity index (χ1) is 14.1. The van der Waals surface area contributed by atoms with Gasteiger partial charge in [-0.3, -0.25) is 0 Å². The van der Waals surface area contributed by atoms with Crippen molar-refractivity contribution in [2.24, 2.45) is 0 Å². The van der Waals surface area contributed by atoms with Crippen LogP contribution in [0.4, 0.5) is 0 Å². The van der Waals surface area contributed by atoms with Crippen molar-refractivity contribution in [3.8, 4) is 0 Å².